The molecular weight excluding hydrogens is 246 g/mol. The first-order valence-corrected chi connectivity index (χ1v) is 5.03. The summed E-state index contributed by atoms with van der Waals surface area (Å²) in [4.78, 5) is 12.5. The molecule has 0 bridgehead atoms. The first kappa shape index (κ1) is 11.0. The highest BCUT2D eigenvalue weighted by atomic mass is 79.9. The van der Waals surface area contributed by atoms with Gasteiger partial charge in [0.05, 0.1) is 5.69 Å². The minimum atomic E-state index is -0.830. The Labute approximate surface area is 91.5 Å². The van der Waals surface area contributed by atoms with E-state index in [1.54, 1.807) is 18.9 Å². The molecule has 1 atom stereocenters. The summed E-state index contributed by atoms with van der Waals surface area (Å²) in [5, 5.41) is 8.85. The van der Waals surface area contributed by atoms with Crippen LogP contribution in [0.15, 0.2) is 28.7 Å². The molecule has 1 N–H and O–H groups in total. The van der Waals surface area contributed by atoms with Crippen molar-refractivity contribution < 1.29 is 9.90 Å². The van der Waals surface area contributed by atoms with Crippen LogP contribution in [0.4, 0.5) is 5.69 Å². The standard InChI is InChI=1S/C10H12BrNO2/c1-7(10(13)14)12(2)9-6-4-3-5-8(9)11/h3-7H,1-2H3,(H,13,14). The normalized spacial score (nSPS) is 12.2. The number of benzene rings is 1. The van der Waals surface area contributed by atoms with Crippen LogP contribution < -0.4 is 4.90 Å². The van der Waals surface area contributed by atoms with Gasteiger partial charge in [0, 0.05) is 11.5 Å². The number of hydrogen-bond acceptors (Lipinski definition) is 2. The lowest BCUT2D eigenvalue weighted by Crippen LogP contribution is -2.35. The fourth-order valence-electron chi connectivity index (χ4n) is 1.11. The summed E-state index contributed by atoms with van der Waals surface area (Å²) in [7, 11) is 1.76. The fourth-order valence-corrected chi connectivity index (χ4v) is 1.68. The molecule has 1 aromatic rings. The fraction of sp³-hybridized carbons (Fsp3) is 0.300. The number of carboxylic acids is 1. The zero-order chi connectivity index (χ0) is 10.7. The van der Waals surface area contributed by atoms with Gasteiger partial charge < -0.3 is 10.0 Å². The molecule has 0 fully saturated rings. The molecule has 4 heteroatoms. The van der Waals surface area contributed by atoms with Crippen LogP contribution >= 0.6 is 15.9 Å². The first-order chi connectivity index (χ1) is 6.54. The highest BCUT2D eigenvalue weighted by Gasteiger charge is 2.18. The largest absolute Gasteiger partial charge is 0.480 e. The van der Waals surface area contributed by atoms with E-state index in [0.717, 1.165) is 10.2 Å². The highest BCUT2D eigenvalue weighted by Crippen LogP contribution is 2.25. The molecule has 0 aliphatic carbocycles. The third kappa shape index (κ3) is 2.26. The Hall–Kier alpha value is -1.03. The lowest BCUT2D eigenvalue weighted by Gasteiger charge is -2.24. The number of carbonyl (C=O) groups is 1. The van der Waals surface area contributed by atoms with Crippen molar-refractivity contribution in [2.75, 3.05) is 11.9 Å². The molecular formula is C10H12BrNO2. The lowest BCUT2D eigenvalue weighted by atomic mass is 10.2. The third-order valence-electron chi connectivity index (χ3n) is 2.17. The number of anilines is 1. The van der Waals surface area contributed by atoms with Gasteiger partial charge in [0.1, 0.15) is 6.04 Å². The van der Waals surface area contributed by atoms with Gasteiger partial charge in [-0.05, 0) is 35.0 Å². The number of halogens is 1. The maximum Gasteiger partial charge on any atom is 0.326 e. The van der Waals surface area contributed by atoms with Gasteiger partial charge in [-0.1, -0.05) is 12.1 Å². The Kier molecular flexibility index (Phi) is 3.52. The number of nitrogens with zero attached hydrogens (tertiary/aromatic N) is 1. The van der Waals surface area contributed by atoms with Gasteiger partial charge in [-0.15, -0.1) is 0 Å². The number of carboxylic acid groups (broad SMARTS) is 1. The second kappa shape index (κ2) is 4.46. The topological polar surface area (TPSA) is 40.5 Å². The predicted octanol–water partition coefficient (Wildman–Crippen LogP) is 2.36. The minimum absolute atomic E-state index is 0.534. The Balaban J connectivity index is 2.94. The van der Waals surface area contributed by atoms with E-state index in [2.05, 4.69) is 15.9 Å². The van der Waals surface area contributed by atoms with Crippen molar-refractivity contribution in [1.82, 2.24) is 0 Å². The number of rotatable bonds is 3. The molecule has 0 amide bonds. The van der Waals surface area contributed by atoms with Gasteiger partial charge in [-0.3, -0.25) is 0 Å². The molecule has 76 valence electrons. The van der Waals surface area contributed by atoms with Crippen molar-refractivity contribution in [3.63, 3.8) is 0 Å². The number of aliphatic carboxylic acids is 1. The van der Waals surface area contributed by atoms with Crippen LogP contribution in [0.1, 0.15) is 6.92 Å². The Morgan fingerprint density at radius 2 is 2.07 bits per heavy atom. The molecule has 0 saturated heterocycles. The maximum atomic E-state index is 10.8. The molecule has 0 aliphatic rings. The average Bonchev–Trinajstić information content (AvgIpc) is 2.16. The van der Waals surface area contributed by atoms with Crippen LogP contribution in [0.2, 0.25) is 0 Å². The summed E-state index contributed by atoms with van der Waals surface area (Å²) in [5.41, 5.74) is 0.877. The molecule has 1 aromatic carbocycles. The van der Waals surface area contributed by atoms with Crippen molar-refractivity contribution in [2.45, 2.75) is 13.0 Å². The highest BCUT2D eigenvalue weighted by molar-refractivity contribution is 9.10. The van der Waals surface area contributed by atoms with E-state index < -0.39 is 12.0 Å². The number of likely N-dealkylation sites (N-methyl/N-ethyl adjacent to an activating group) is 1. The maximum absolute atomic E-state index is 10.8. The summed E-state index contributed by atoms with van der Waals surface area (Å²) < 4.78 is 0.899. The van der Waals surface area contributed by atoms with Crippen molar-refractivity contribution in [3.05, 3.63) is 28.7 Å². The monoisotopic (exact) mass is 257 g/mol. The van der Waals surface area contributed by atoms with Gasteiger partial charge in [0.25, 0.3) is 0 Å². The van der Waals surface area contributed by atoms with Crippen LogP contribution in [0.25, 0.3) is 0 Å². The second-order valence-electron chi connectivity index (χ2n) is 3.08. The molecule has 14 heavy (non-hydrogen) atoms. The summed E-state index contributed by atoms with van der Waals surface area (Å²) in [6.07, 6.45) is 0. The van der Waals surface area contributed by atoms with E-state index >= 15 is 0 Å². The average molecular weight is 258 g/mol. The van der Waals surface area contributed by atoms with E-state index in [9.17, 15) is 4.79 Å². The summed E-state index contributed by atoms with van der Waals surface area (Å²) >= 11 is 3.38. The van der Waals surface area contributed by atoms with Crippen molar-refractivity contribution in [3.8, 4) is 0 Å². The van der Waals surface area contributed by atoms with Crippen molar-refractivity contribution in [1.29, 1.82) is 0 Å². The van der Waals surface area contributed by atoms with Crippen LogP contribution in [0.3, 0.4) is 0 Å². The van der Waals surface area contributed by atoms with Gasteiger partial charge >= 0.3 is 5.97 Å². The smallest absolute Gasteiger partial charge is 0.326 e. The molecule has 0 radical (unpaired) electrons. The van der Waals surface area contributed by atoms with Crippen LogP contribution in [0, 0.1) is 0 Å². The van der Waals surface area contributed by atoms with Crippen LogP contribution in [0.5, 0.6) is 0 Å². The summed E-state index contributed by atoms with van der Waals surface area (Å²) in [6, 6.07) is 7.01. The van der Waals surface area contributed by atoms with E-state index in [1.165, 1.54) is 0 Å². The molecule has 1 rings (SSSR count). The molecule has 0 spiro atoms. The number of para-hydroxylation sites is 1. The van der Waals surface area contributed by atoms with Gasteiger partial charge in [-0.2, -0.15) is 0 Å². The van der Waals surface area contributed by atoms with E-state index in [4.69, 9.17) is 5.11 Å². The molecule has 0 saturated carbocycles. The van der Waals surface area contributed by atoms with E-state index in [0.29, 0.717) is 0 Å². The Morgan fingerprint density at radius 1 is 1.50 bits per heavy atom. The summed E-state index contributed by atoms with van der Waals surface area (Å²) in [6.45, 7) is 1.65. The molecule has 0 heterocycles. The zero-order valence-electron chi connectivity index (χ0n) is 8.07. The molecule has 3 nitrogen and oxygen atoms in total. The lowest BCUT2D eigenvalue weighted by molar-refractivity contribution is -0.138. The predicted molar refractivity (Wildman–Crippen MR) is 59.6 cm³/mol. The molecule has 1 unspecified atom stereocenters. The van der Waals surface area contributed by atoms with Gasteiger partial charge in [0.2, 0.25) is 0 Å². The Bertz CT molecular complexity index is 341. The number of hydrogen-bond donors (Lipinski definition) is 1. The van der Waals surface area contributed by atoms with Gasteiger partial charge in [-0.25, -0.2) is 4.79 Å². The Morgan fingerprint density at radius 3 is 2.57 bits per heavy atom. The van der Waals surface area contributed by atoms with E-state index in [-0.39, 0.29) is 0 Å². The first-order valence-electron chi connectivity index (χ1n) is 4.24. The summed E-state index contributed by atoms with van der Waals surface area (Å²) in [5.74, 6) is -0.830. The zero-order valence-corrected chi connectivity index (χ0v) is 9.65. The minimum Gasteiger partial charge on any atom is -0.480 e. The quantitative estimate of drug-likeness (QED) is 0.904. The third-order valence-corrected chi connectivity index (χ3v) is 2.84. The SMILES string of the molecule is CC(C(=O)O)N(C)c1ccccc1Br. The molecule has 0 aliphatic heterocycles. The molecule has 0 aromatic heterocycles. The van der Waals surface area contributed by atoms with Crippen LogP contribution in [-0.2, 0) is 4.79 Å². The van der Waals surface area contributed by atoms with Gasteiger partial charge in [0.15, 0.2) is 0 Å². The van der Waals surface area contributed by atoms with E-state index in [1.807, 2.05) is 24.3 Å². The second-order valence-corrected chi connectivity index (χ2v) is 3.93. The van der Waals surface area contributed by atoms with Crippen molar-refractivity contribution in [2.24, 2.45) is 0 Å². The van der Waals surface area contributed by atoms with Crippen LogP contribution in [-0.4, -0.2) is 24.2 Å². The van der Waals surface area contributed by atoms with Crippen molar-refractivity contribution >= 4 is 27.6 Å².